The van der Waals surface area contributed by atoms with E-state index in [-0.39, 0.29) is 0 Å². The summed E-state index contributed by atoms with van der Waals surface area (Å²) in [6.07, 6.45) is 0. The van der Waals surface area contributed by atoms with E-state index in [2.05, 4.69) is 5.37 Å². The predicted octanol–water partition coefficient (Wildman–Crippen LogP) is -0.187. The van der Waals surface area contributed by atoms with Gasteiger partial charge in [-0.15, -0.1) is 0 Å². The first-order valence-corrected chi connectivity index (χ1v) is 4.40. The molecule has 3 heteroatoms. The number of rotatable bonds is 2. The molecule has 0 saturated heterocycles. The Kier molecular flexibility index (Phi) is 5.66. The summed E-state index contributed by atoms with van der Waals surface area (Å²) >= 11 is -0.951. The molecule has 5 heavy (non-hydrogen) atoms. The van der Waals surface area contributed by atoms with Gasteiger partial charge in [-0.3, -0.25) is 0 Å². The summed E-state index contributed by atoms with van der Waals surface area (Å²) in [6.45, 7) is 0. The van der Waals surface area contributed by atoms with Gasteiger partial charge in [0.2, 0.25) is 0 Å². The van der Waals surface area contributed by atoms with Crippen molar-refractivity contribution in [2.45, 2.75) is 0 Å². The SMILES string of the molecule is C[O][Pb][O]C. The van der Waals surface area contributed by atoms with Crippen LogP contribution in [0.2, 0.25) is 0 Å². The van der Waals surface area contributed by atoms with Crippen LogP contribution in [-0.4, -0.2) is 39.4 Å². The van der Waals surface area contributed by atoms with Crippen molar-refractivity contribution in [2.24, 2.45) is 0 Å². The summed E-state index contributed by atoms with van der Waals surface area (Å²) < 4.78 is 9.33. The van der Waals surface area contributed by atoms with Gasteiger partial charge in [0.1, 0.15) is 0 Å². The normalized spacial score (nSPS) is 8.40. The van der Waals surface area contributed by atoms with E-state index in [9.17, 15) is 0 Å². The van der Waals surface area contributed by atoms with Crippen molar-refractivity contribution in [1.82, 2.24) is 0 Å². The third-order valence-electron chi connectivity index (χ3n) is 0.167. The summed E-state index contributed by atoms with van der Waals surface area (Å²) in [4.78, 5) is 0. The standard InChI is InChI=1S/2CH3O.Pb/c2*1-2;/h2*1H3;/q2*-1;+2. The molecule has 30 valence electrons. The minimum absolute atomic E-state index is 0.951. The maximum absolute atomic E-state index is 4.66. The summed E-state index contributed by atoms with van der Waals surface area (Å²) in [5.41, 5.74) is 0. The molecular formula is C2H6O2Pb. The molecule has 0 N–H and O–H groups in total. The van der Waals surface area contributed by atoms with Crippen molar-refractivity contribution in [2.75, 3.05) is 14.2 Å². The molecule has 0 unspecified atom stereocenters. The summed E-state index contributed by atoms with van der Waals surface area (Å²) in [5, 5.41) is 0. The van der Waals surface area contributed by atoms with Crippen LogP contribution in [-0.2, 0) is 5.37 Å². The van der Waals surface area contributed by atoms with E-state index in [0.29, 0.717) is 0 Å². The fourth-order valence-corrected chi connectivity index (χ4v) is 0.731. The van der Waals surface area contributed by atoms with Gasteiger partial charge in [-0.25, -0.2) is 0 Å². The van der Waals surface area contributed by atoms with E-state index in [4.69, 9.17) is 0 Å². The fourth-order valence-electron chi connectivity index (χ4n) is 0.0833. The molecule has 0 amide bonds. The maximum atomic E-state index is 4.66. The van der Waals surface area contributed by atoms with Gasteiger partial charge in [0, 0.05) is 0 Å². The van der Waals surface area contributed by atoms with Crippen LogP contribution in [0.15, 0.2) is 0 Å². The second-order valence-corrected chi connectivity index (χ2v) is 4.31. The molecule has 0 aromatic carbocycles. The van der Waals surface area contributed by atoms with Crippen LogP contribution < -0.4 is 0 Å². The number of hydrogen-bond acceptors (Lipinski definition) is 2. The van der Waals surface area contributed by atoms with Crippen LogP contribution in [0.4, 0.5) is 0 Å². The van der Waals surface area contributed by atoms with Crippen LogP contribution in [0.25, 0.3) is 0 Å². The molecule has 0 rings (SSSR count). The molecule has 0 aromatic heterocycles. The van der Waals surface area contributed by atoms with Gasteiger partial charge in [0.25, 0.3) is 0 Å². The Hall–Kier alpha value is 0.842. The van der Waals surface area contributed by atoms with Crippen LogP contribution in [0.5, 0.6) is 0 Å². The Bertz CT molecular complexity index is 15.1. The van der Waals surface area contributed by atoms with Crippen LogP contribution in [0.3, 0.4) is 0 Å². The van der Waals surface area contributed by atoms with Gasteiger partial charge in [0.05, 0.1) is 0 Å². The van der Waals surface area contributed by atoms with Gasteiger partial charge in [-0.05, 0) is 0 Å². The Morgan fingerprint density at radius 1 is 1.20 bits per heavy atom. The van der Waals surface area contributed by atoms with Crippen molar-refractivity contribution in [3.63, 3.8) is 0 Å². The summed E-state index contributed by atoms with van der Waals surface area (Å²) in [7, 11) is 3.35. The monoisotopic (exact) mass is 270 g/mol. The third kappa shape index (κ3) is 4.84. The Balaban J connectivity index is 2.19. The van der Waals surface area contributed by atoms with E-state index < -0.39 is 25.1 Å². The molecule has 0 saturated carbocycles. The summed E-state index contributed by atoms with van der Waals surface area (Å²) in [5.74, 6) is 0. The number of hydrogen-bond donors (Lipinski definition) is 0. The first-order valence-electron chi connectivity index (χ1n) is 1.22. The zero-order valence-corrected chi connectivity index (χ0v) is 7.20. The first kappa shape index (κ1) is 5.84. The van der Waals surface area contributed by atoms with E-state index in [1.54, 1.807) is 14.2 Å². The zero-order chi connectivity index (χ0) is 4.12. The molecule has 0 fully saturated rings. The van der Waals surface area contributed by atoms with E-state index in [1.807, 2.05) is 0 Å². The van der Waals surface area contributed by atoms with Gasteiger partial charge >= 0.3 is 44.7 Å². The second-order valence-electron chi connectivity index (χ2n) is 0.492. The second kappa shape index (κ2) is 4.84. The molecule has 0 spiro atoms. The van der Waals surface area contributed by atoms with Crippen LogP contribution >= 0.6 is 0 Å². The van der Waals surface area contributed by atoms with E-state index >= 15 is 0 Å². The fraction of sp³-hybridized carbons (Fsp3) is 1.00. The van der Waals surface area contributed by atoms with Crippen LogP contribution in [0, 0.1) is 0 Å². The molecule has 0 aromatic rings. The van der Waals surface area contributed by atoms with E-state index in [1.165, 1.54) is 0 Å². The van der Waals surface area contributed by atoms with E-state index in [0.717, 1.165) is 0 Å². The average molecular weight is 269 g/mol. The molecule has 0 bridgehead atoms. The molecule has 2 nitrogen and oxygen atoms in total. The van der Waals surface area contributed by atoms with Crippen molar-refractivity contribution in [3.8, 4) is 0 Å². The molecule has 0 aliphatic heterocycles. The van der Waals surface area contributed by atoms with Gasteiger partial charge in [-0.2, -0.15) is 0 Å². The predicted molar refractivity (Wildman–Crippen MR) is 19.8 cm³/mol. The van der Waals surface area contributed by atoms with Gasteiger partial charge in [0.15, 0.2) is 0 Å². The van der Waals surface area contributed by atoms with Gasteiger partial charge in [-0.1, -0.05) is 0 Å². The molecule has 0 aliphatic rings. The van der Waals surface area contributed by atoms with Crippen molar-refractivity contribution in [3.05, 3.63) is 0 Å². The first-order chi connectivity index (χ1) is 2.41. The third-order valence-corrected chi connectivity index (χ3v) is 1.46. The Morgan fingerprint density at radius 2 is 1.60 bits per heavy atom. The van der Waals surface area contributed by atoms with Crippen molar-refractivity contribution in [1.29, 1.82) is 0 Å². The quantitative estimate of drug-likeness (QED) is 0.647. The molecule has 0 atom stereocenters. The topological polar surface area (TPSA) is 18.5 Å². The molecule has 0 heterocycles. The Morgan fingerprint density at radius 3 is 1.60 bits per heavy atom. The molecule has 0 aliphatic carbocycles. The van der Waals surface area contributed by atoms with Crippen molar-refractivity contribution >= 4 is 25.1 Å². The molecular weight excluding hydrogens is 263 g/mol. The summed E-state index contributed by atoms with van der Waals surface area (Å²) in [6, 6.07) is 0. The van der Waals surface area contributed by atoms with Crippen LogP contribution in [0.1, 0.15) is 0 Å². The minimum atomic E-state index is -0.951. The van der Waals surface area contributed by atoms with Crippen molar-refractivity contribution < 1.29 is 5.37 Å². The average Bonchev–Trinajstić information content (AvgIpc) is 1.41. The molecule has 2 radical (unpaired) electrons. The zero-order valence-electron chi connectivity index (χ0n) is 3.32. The Labute approximate surface area is 45.0 Å². The van der Waals surface area contributed by atoms with Gasteiger partial charge < -0.3 is 0 Å².